The fourth-order valence-electron chi connectivity index (χ4n) is 3.41. The van der Waals surface area contributed by atoms with Gasteiger partial charge in [0.1, 0.15) is 5.76 Å². The summed E-state index contributed by atoms with van der Waals surface area (Å²) in [6.45, 7) is 0. The molecule has 0 atom stereocenters. The summed E-state index contributed by atoms with van der Waals surface area (Å²) in [4.78, 5) is 15.3. The average Bonchev–Trinajstić information content (AvgIpc) is 3.10. The zero-order chi connectivity index (χ0) is 20.4. The Morgan fingerprint density at radius 2 is 1.20 bits per heavy atom. The molecule has 1 aliphatic rings. The maximum Gasteiger partial charge on any atom is 0.342 e. The van der Waals surface area contributed by atoms with Gasteiger partial charge in [-0.15, -0.1) is 0 Å². The van der Waals surface area contributed by atoms with Crippen molar-refractivity contribution in [3.8, 4) is 0 Å². The molecule has 0 aliphatic carbocycles. The fraction of sp³-hybridized carbons (Fsp3) is 0.0385. The highest BCUT2D eigenvalue weighted by Gasteiger charge is 2.46. The minimum absolute atomic E-state index is 0.256. The molecule has 0 unspecified atom stereocenters. The normalized spacial score (nSPS) is 15.1. The summed E-state index contributed by atoms with van der Waals surface area (Å²) in [5, 5.41) is 2.28. The third-order valence-electron chi connectivity index (χ3n) is 4.87. The summed E-state index contributed by atoms with van der Waals surface area (Å²) in [5.41, 5.74) is 0.909. The van der Waals surface area contributed by atoms with E-state index >= 15 is 0 Å². The van der Waals surface area contributed by atoms with Gasteiger partial charge < -0.3 is 4.74 Å². The van der Waals surface area contributed by atoms with E-state index in [4.69, 9.17) is 4.74 Å². The van der Waals surface area contributed by atoms with Gasteiger partial charge in [-0.25, -0.2) is 4.79 Å². The smallest absolute Gasteiger partial charge is 0.342 e. The lowest BCUT2D eigenvalue weighted by molar-refractivity contribution is -0.134. The second kappa shape index (κ2) is 8.05. The van der Waals surface area contributed by atoms with Crippen molar-refractivity contribution in [3.63, 3.8) is 0 Å². The summed E-state index contributed by atoms with van der Waals surface area (Å²) in [5.74, 6) is 0.353. The molecule has 0 radical (unpaired) electrons. The van der Waals surface area contributed by atoms with Gasteiger partial charge in [0.25, 0.3) is 0 Å². The molecule has 0 amide bonds. The molecular weight excluding hydrogens is 408 g/mol. The van der Waals surface area contributed by atoms with E-state index in [2.05, 4.69) is 24.3 Å². The van der Waals surface area contributed by atoms with Crippen LogP contribution in [0.2, 0.25) is 0 Å². The first kappa shape index (κ1) is 19.0. The Kier molecular flexibility index (Phi) is 5.11. The van der Waals surface area contributed by atoms with Gasteiger partial charge in [0.2, 0.25) is 0 Å². The SMILES string of the molecule is O=C1OC(c2ccc3ccccc3c2)=CC1(Sc1ccccc1)Sc1ccccc1. The van der Waals surface area contributed by atoms with Crippen LogP contribution in [0.3, 0.4) is 0 Å². The van der Waals surface area contributed by atoms with Gasteiger partial charge in [-0.2, -0.15) is 0 Å². The highest BCUT2D eigenvalue weighted by molar-refractivity contribution is 8.19. The van der Waals surface area contributed by atoms with E-state index in [0.29, 0.717) is 5.76 Å². The Morgan fingerprint density at radius 1 is 0.633 bits per heavy atom. The third kappa shape index (κ3) is 3.76. The molecular formula is C26H18O2S2. The van der Waals surface area contributed by atoms with E-state index in [0.717, 1.165) is 26.1 Å². The number of carbonyl (C=O) groups is 1. The Morgan fingerprint density at radius 3 is 1.83 bits per heavy atom. The van der Waals surface area contributed by atoms with Gasteiger partial charge in [0, 0.05) is 15.4 Å². The number of hydrogen-bond donors (Lipinski definition) is 0. The molecule has 0 saturated heterocycles. The minimum Gasteiger partial charge on any atom is -0.424 e. The molecule has 30 heavy (non-hydrogen) atoms. The fourth-order valence-corrected chi connectivity index (χ4v) is 6.02. The van der Waals surface area contributed by atoms with E-state index in [-0.39, 0.29) is 5.97 Å². The summed E-state index contributed by atoms with van der Waals surface area (Å²) < 4.78 is 4.95. The number of benzene rings is 4. The number of carbonyl (C=O) groups excluding carboxylic acids is 1. The molecule has 0 aromatic heterocycles. The maximum atomic E-state index is 13.2. The molecule has 4 aromatic rings. The van der Waals surface area contributed by atoms with Crippen LogP contribution in [-0.4, -0.2) is 10.0 Å². The molecule has 2 nitrogen and oxygen atoms in total. The molecule has 0 spiro atoms. The van der Waals surface area contributed by atoms with Crippen molar-refractivity contribution in [2.45, 2.75) is 13.9 Å². The van der Waals surface area contributed by atoms with Crippen molar-refractivity contribution in [3.05, 3.63) is 115 Å². The third-order valence-corrected chi connectivity index (χ3v) is 7.56. The molecule has 4 heteroatoms. The number of fused-ring (bicyclic) bond motifs is 1. The number of hydrogen-bond acceptors (Lipinski definition) is 4. The lowest BCUT2D eigenvalue weighted by atomic mass is 10.1. The van der Waals surface area contributed by atoms with E-state index in [1.807, 2.05) is 84.9 Å². The van der Waals surface area contributed by atoms with E-state index in [1.54, 1.807) is 0 Å². The first-order valence-electron chi connectivity index (χ1n) is 9.64. The summed E-state index contributed by atoms with van der Waals surface area (Å²) in [6.07, 6.45) is 1.97. The van der Waals surface area contributed by atoms with Crippen LogP contribution < -0.4 is 0 Å². The lowest BCUT2D eigenvalue weighted by Gasteiger charge is -2.22. The number of rotatable bonds is 5. The van der Waals surface area contributed by atoms with Crippen LogP contribution in [0.15, 0.2) is 119 Å². The van der Waals surface area contributed by atoms with E-state index in [9.17, 15) is 4.79 Å². The molecule has 0 saturated carbocycles. The van der Waals surface area contributed by atoms with Crippen LogP contribution in [0.1, 0.15) is 5.56 Å². The van der Waals surface area contributed by atoms with Crippen molar-refractivity contribution < 1.29 is 9.53 Å². The molecule has 1 aliphatic heterocycles. The quantitative estimate of drug-likeness (QED) is 0.253. The first-order valence-corrected chi connectivity index (χ1v) is 11.3. The predicted molar refractivity (Wildman–Crippen MR) is 125 cm³/mol. The molecule has 1 heterocycles. The standard InChI is InChI=1S/C26H18O2S2/c27-25-26(29-22-11-3-1-4-12-22,30-23-13-5-2-6-14-23)18-24(28-25)21-16-15-19-9-7-8-10-20(19)17-21/h1-18H. The Hall–Kier alpha value is -2.95. The topological polar surface area (TPSA) is 26.3 Å². The van der Waals surface area contributed by atoms with Crippen molar-refractivity contribution in [1.29, 1.82) is 0 Å². The van der Waals surface area contributed by atoms with E-state index in [1.165, 1.54) is 23.5 Å². The number of esters is 1. The minimum atomic E-state index is -0.885. The van der Waals surface area contributed by atoms with Crippen LogP contribution in [-0.2, 0) is 9.53 Å². The number of cyclic esters (lactones) is 1. The summed E-state index contributed by atoms with van der Waals surface area (Å²) in [7, 11) is 0. The molecule has 146 valence electrons. The molecule has 0 N–H and O–H groups in total. The van der Waals surface area contributed by atoms with E-state index < -0.39 is 4.08 Å². The number of thioether (sulfide) groups is 2. The zero-order valence-electron chi connectivity index (χ0n) is 16.0. The average molecular weight is 427 g/mol. The van der Waals surface area contributed by atoms with Crippen LogP contribution in [0, 0.1) is 0 Å². The monoisotopic (exact) mass is 426 g/mol. The van der Waals surface area contributed by atoms with Crippen molar-refractivity contribution in [2.75, 3.05) is 0 Å². The first-order chi connectivity index (χ1) is 14.7. The lowest BCUT2D eigenvalue weighted by Crippen LogP contribution is -2.25. The van der Waals surface area contributed by atoms with Crippen LogP contribution in [0.4, 0.5) is 0 Å². The molecule has 5 rings (SSSR count). The largest absolute Gasteiger partial charge is 0.424 e. The zero-order valence-corrected chi connectivity index (χ0v) is 17.7. The maximum absolute atomic E-state index is 13.2. The number of ether oxygens (including phenoxy) is 1. The van der Waals surface area contributed by atoms with Gasteiger partial charge >= 0.3 is 5.97 Å². The van der Waals surface area contributed by atoms with Crippen molar-refractivity contribution in [1.82, 2.24) is 0 Å². The van der Waals surface area contributed by atoms with Crippen LogP contribution in [0.5, 0.6) is 0 Å². The second-order valence-corrected chi connectivity index (χ2v) is 9.86. The highest BCUT2D eigenvalue weighted by atomic mass is 32.2. The Labute approximate surface area is 184 Å². The Balaban J connectivity index is 1.57. The predicted octanol–water partition coefficient (Wildman–Crippen LogP) is 7.02. The van der Waals surface area contributed by atoms with Gasteiger partial charge in [-0.3, -0.25) is 0 Å². The summed E-state index contributed by atoms with van der Waals surface area (Å²) in [6, 6.07) is 34.3. The highest BCUT2D eigenvalue weighted by Crippen LogP contribution is 2.52. The summed E-state index contributed by atoms with van der Waals surface area (Å²) >= 11 is 3.03. The molecule has 0 fully saturated rings. The molecule has 0 bridgehead atoms. The van der Waals surface area contributed by atoms with Crippen molar-refractivity contribution in [2.24, 2.45) is 0 Å². The van der Waals surface area contributed by atoms with Gasteiger partial charge in [0.15, 0.2) is 4.08 Å². The van der Waals surface area contributed by atoms with Gasteiger partial charge in [0.05, 0.1) is 0 Å². The Bertz CT molecular complexity index is 1190. The van der Waals surface area contributed by atoms with Gasteiger partial charge in [-0.05, 0) is 47.2 Å². The van der Waals surface area contributed by atoms with Gasteiger partial charge in [-0.1, -0.05) is 96.3 Å². The van der Waals surface area contributed by atoms with Crippen molar-refractivity contribution >= 4 is 46.0 Å². The van der Waals surface area contributed by atoms with Crippen LogP contribution >= 0.6 is 23.5 Å². The second-order valence-electron chi connectivity index (χ2n) is 6.96. The van der Waals surface area contributed by atoms with Crippen LogP contribution in [0.25, 0.3) is 16.5 Å². The molecule has 4 aromatic carbocycles.